The van der Waals surface area contributed by atoms with E-state index in [1.54, 1.807) is 13.0 Å². The van der Waals surface area contributed by atoms with E-state index in [0.29, 0.717) is 24.3 Å². The average Bonchev–Trinajstić information content (AvgIpc) is 2.53. The van der Waals surface area contributed by atoms with Crippen LogP contribution in [0.5, 0.6) is 0 Å². The van der Waals surface area contributed by atoms with E-state index in [1.807, 2.05) is 25.1 Å². The molecule has 1 saturated heterocycles. The first-order valence-corrected chi connectivity index (χ1v) is 7.36. The summed E-state index contributed by atoms with van der Waals surface area (Å²) in [5.41, 5.74) is 3.77. The van der Waals surface area contributed by atoms with Gasteiger partial charge in [0, 0.05) is 5.56 Å². The highest BCUT2D eigenvalue weighted by atomic mass is 19.2. The Hall–Kier alpha value is -1.78. The smallest absolute Gasteiger partial charge is 0.183 e. The van der Waals surface area contributed by atoms with Gasteiger partial charge in [-0.2, -0.15) is 0 Å². The highest BCUT2D eigenvalue weighted by Gasteiger charge is 2.18. The van der Waals surface area contributed by atoms with Crippen LogP contribution in [0.25, 0.3) is 11.1 Å². The lowest BCUT2D eigenvalue weighted by molar-refractivity contribution is -0.183. The van der Waals surface area contributed by atoms with E-state index in [0.717, 1.165) is 23.1 Å². The van der Waals surface area contributed by atoms with Crippen molar-refractivity contribution < 1.29 is 18.3 Å². The zero-order valence-corrected chi connectivity index (χ0v) is 12.7. The third-order valence-corrected chi connectivity index (χ3v) is 3.87. The topological polar surface area (TPSA) is 18.5 Å². The summed E-state index contributed by atoms with van der Waals surface area (Å²) in [6.07, 6.45) is 0.565. The van der Waals surface area contributed by atoms with Crippen molar-refractivity contribution in [2.24, 2.45) is 0 Å². The lowest BCUT2D eigenvalue weighted by Crippen LogP contribution is -2.17. The summed E-state index contributed by atoms with van der Waals surface area (Å²) in [7, 11) is 0. The van der Waals surface area contributed by atoms with E-state index < -0.39 is 11.6 Å². The first kappa shape index (κ1) is 15.1. The fraction of sp³-hybridized carbons (Fsp3) is 0.333. The minimum atomic E-state index is -0.822. The molecule has 0 N–H and O–H groups in total. The van der Waals surface area contributed by atoms with Gasteiger partial charge in [0.2, 0.25) is 0 Å². The molecular formula is C18H18F2O2. The quantitative estimate of drug-likeness (QED) is 0.801. The van der Waals surface area contributed by atoms with Gasteiger partial charge in [-0.25, -0.2) is 8.78 Å². The summed E-state index contributed by atoms with van der Waals surface area (Å²) < 4.78 is 38.2. The van der Waals surface area contributed by atoms with Crippen LogP contribution in [-0.4, -0.2) is 13.2 Å². The fourth-order valence-electron chi connectivity index (χ4n) is 2.72. The molecule has 1 aliphatic rings. The highest BCUT2D eigenvalue weighted by Crippen LogP contribution is 2.30. The number of benzene rings is 2. The Morgan fingerprint density at radius 3 is 2.32 bits per heavy atom. The second-order valence-electron chi connectivity index (χ2n) is 5.59. The average molecular weight is 304 g/mol. The molecule has 0 radical (unpaired) electrons. The summed E-state index contributed by atoms with van der Waals surface area (Å²) in [6.45, 7) is 4.88. The van der Waals surface area contributed by atoms with Crippen molar-refractivity contribution >= 4 is 0 Å². The molecule has 0 spiro atoms. The molecule has 1 heterocycles. The van der Waals surface area contributed by atoms with Crippen LogP contribution in [0.2, 0.25) is 0 Å². The van der Waals surface area contributed by atoms with Gasteiger partial charge in [-0.3, -0.25) is 0 Å². The third kappa shape index (κ3) is 2.89. The van der Waals surface area contributed by atoms with Crippen LogP contribution in [0.1, 0.15) is 29.4 Å². The van der Waals surface area contributed by atoms with Crippen LogP contribution >= 0.6 is 0 Å². The third-order valence-electron chi connectivity index (χ3n) is 3.87. The Morgan fingerprint density at radius 2 is 1.68 bits per heavy atom. The van der Waals surface area contributed by atoms with Crippen molar-refractivity contribution in [3.8, 4) is 11.1 Å². The van der Waals surface area contributed by atoms with Gasteiger partial charge in [-0.05, 0) is 54.7 Å². The van der Waals surface area contributed by atoms with Crippen LogP contribution in [-0.2, 0) is 9.47 Å². The monoisotopic (exact) mass is 304 g/mol. The molecule has 3 rings (SSSR count). The van der Waals surface area contributed by atoms with E-state index >= 15 is 0 Å². The van der Waals surface area contributed by atoms with Crippen LogP contribution in [0.3, 0.4) is 0 Å². The largest absolute Gasteiger partial charge is 0.348 e. The van der Waals surface area contributed by atoms with Gasteiger partial charge >= 0.3 is 0 Å². The van der Waals surface area contributed by atoms with E-state index in [1.165, 1.54) is 6.07 Å². The molecular weight excluding hydrogens is 286 g/mol. The molecule has 2 nitrogen and oxygen atoms in total. The molecule has 116 valence electrons. The first-order chi connectivity index (χ1) is 10.6. The second-order valence-corrected chi connectivity index (χ2v) is 5.59. The van der Waals surface area contributed by atoms with E-state index in [-0.39, 0.29) is 6.29 Å². The highest BCUT2D eigenvalue weighted by molar-refractivity contribution is 5.68. The minimum absolute atomic E-state index is 0.303. The molecule has 0 atom stereocenters. The molecule has 0 saturated carbocycles. The van der Waals surface area contributed by atoms with Gasteiger partial charge in [0.25, 0.3) is 0 Å². The number of ether oxygens (including phenoxy) is 2. The Kier molecular flexibility index (Phi) is 4.23. The van der Waals surface area contributed by atoms with Gasteiger partial charge in [0.15, 0.2) is 17.9 Å². The van der Waals surface area contributed by atoms with Crippen LogP contribution < -0.4 is 0 Å². The van der Waals surface area contributed by atoms with Crippen molar-refractivity contribution in [1.29, 1.82) is 0 Å². The van der Waals surface area contributed by atoms with E-state index in [4.69, 9.17) is 9.47 Å². The number of hydrogen-bond donors (Lipinski definition) is 0. The molecule has 1 aliphatic heterocycles. The number of halogens is 2. The lowest BCUT2D eigenvalue weighted by Gasteiger charge is -2.24. The Labute approximate surface area is 128 Å². The molecule has 2 aromatic carbocycles. The molecule has 0 bridgehead atoms. The van der Waals surface area contributed by atoms with Gasteiger partial charge in [-0.1, -0.05) is 18.2 Å². The van der Waals surface area contributed by atoms with Crippen LogP contribution in [0.15, 0.2) is 30.3 Å². The van der Waals surface area contributed by atoms with Crippen molar-refractivity contribution in [2.45, 2.75) is 26.6 Å². The van der Waals surface area contributed by atoms with Gasteiger partial charge in [0.05, 0.1) is 13.2 Å². The van der Waals surface area contributed by atoms with Crippen molar-refractivity contribution in [2.75, 3.05) is 13.2 Å². The predicted octanol–water partition coefficient (Wildman–Crippen LogP) is 4.68. The first-order valence-electron chi connectivity index (χ1n) is 7.36. The summed E-state index contributed by atoms with van der Waals surface area (Å²) in [5, 5.41) is 0. The zero-order chi connectivity index (χ0) is 15.7. The Bertz CT molecular complexity index is 668. The van der Waals surface area contributed by atoms with Gasteiger partial charge < -0.3 is 9.47 Å². The summed E-state index contributed by atoms with van der Waals surface area (Å²) in [5.74, 6) is -1.61. The molecule has 22 heavy (non-hydrogen) atoms. The maximum atomic E-state index is 13.6. The molecule has 0 aromatic heterocycles. The summed E-state index contributed by atoms with van der Waals surface area (Å²) in [6, 6.07) is 8.68. The van der Waals surface area contributed by atoms with Gasteiger partial charge in [-0.15, -0.1) is 0 Å². The molecule has 0 aliphatic carbocycles. The molecule has 0 unspecified atom stereocenters. The molecule has 1 fully saturated rings. The van der Waals surface area contributed by atoms with Crippen molar-refractivity contribution in [1.82, 2.24) is 0 Å². The normalized spacial score (nSPS) is 16.0. The maximum Gasteiger partial charge on any atom is 0.183 e. The standard InChI is InChI=1S/C18H18F2O2/c1-11-8-13(18-21-6-3-7-22-18)4-5-15(11)14-9-12(2)17(20)16(19)10-14/h4-5,8-10,18H,3,6-7H2,1-2H3. The van der Waals surface area contributed by atoms with E-state index in [9.17, 15) is 8.78 Å². The van der Waals surface area contributed by atoms with Crippen LogP contribution in [0, 0.1) is 25.5 Å². The van der Waals surface area contributed by atoms with E-state index in [2.05, 4.69) is 0 Å². The Balaban J connectivity index is 1.95. The number of rotatable bonds is 2. The van der Waals surface area contributed by atoms with Crippen molar-refractivity contribution in [3.05, 3.63) is 58.7 Å². The fourth-order valence-corrected chi connectivity index (χ4v) is 2.72. The lowest BCUT2D eigenvalue weighted by atomic mass is 9.96. The number of hydrogen-bond acceptors (Lipinski definition) is 2. The van der Waals surface area contributed by atoms with Gasteiger partial charge in [0.1, 0.15) is 0 Å². The SMILES string of the molecule is Cc1cc(C2OCCCO2)ccc1-c1cc(C)c(F)c(F)c1. The maximum absolute atomic E-state index is 13.6. The van der Waals surface area contributed by atoms with Crippen LogP contribution in [0.4, 0.5) is 8.78 Å². The Morgan fingerprint density at radius 1 is 0.955 bits per heavy atom. The minimum Gasteiger partial charge on any atom is -0.348 e. The molecule has 0 amide bonds. The predicted molar refractivity (Wildman–Crippen MR) is 80.5 cm³/mol. The molecule has 2 aromatic rings. The second kappa shape index (κ2) is 6.15. The zero-order valence-electron chi connectivity index (χ0n) is 12.7. The van der Waals surface area contributed by atoms with Crippen molar-refractivity contribution in [3.63, 3.8) is 0 Å². The number of aryl methyl sites for hydroxylation is 2. The summed E-state index contributed by atoms with van der Waals surface area (Å²) in [4.78, 5) is 0. The summed E-state index contributed by atoms with van der Waals surface area (Å²) >= 11 is 0. The molecule has 4 heteroatoms.